The van der Waals surface area contributed by atoms with E-state index in [0.29, 0.717) is 34.0 Å². The molecule has 0 amide bonds. The van der Waals surface area contributed by atoms with E-state index in [0.717, 1.165) is 16.8 Å². The van der Waals surface area contributed by atoms with E-state index in [4.69, 9.17) is 39.5 Å². The van der Waals surface area contributed by atoms with Gasteiger partial charge in [-0.15, -0.1) is 0 Å². The zero-order chi connectivity index (χ0) is 18.5. The molecule has 0 heterocycles. The summed E-state index contributed by atoms with van der Waals surface area (Å²) in [5.41, 5.74) is 2.64. The number of nitrogens with one attached hydrogen (secondary N) is 1. The first-order valence-corrected chi connectivity index (χ1v) is 8.99. The summed E-state index contributed by atoms with van der Waals surface area (Å²) < 4.78 is 18.6. The Bertz CT molecular complexity index is 900. The van der Waals surface area contributed by atoms with E-state index in [9.17, 15) is 4.39 Å². The predicted octanol–water partition coefficient (Wildman–Crippen LogP) is 6.98. The molecular formula is C20H15Cl3FNO. The Balaban J connectivity index is 1.60. The number of anilines is 1. The van der Waals surface area contributed by atoms with E-state index < -0.39 is 0 Å². The van der Waals surface area contributed by atoms with Crippen molar-refractivity contribution in [2.75, 3.05) is 5.32 Å². The Morgan fingerprint density at radius 1 is 0.808 bits per heavy atom. The summed E-state index contributed by atoms with van der Waals surface area (Å²) in [7, 11) is 0. The molecule has 0 fully saturated rings. The van der Waals surface area contributed by atoms with Gasteiger partial charge in [0.05, 0.1) is 15.7 Å². The summed E-state index contributed by atoms with van der Waals surface area (Å²) in [6, 6.07) is 17.0. The van der Waals surface area contributed by atoms with Crippen LogP contribution in [-0.2, 0) is 13.2 Å². The van der Waals surface area contributed by atoms with Crippen molar-refractivity contribution in [2.24, 2.45) is 0 Å². The van der Waals surface area contributed by atoms with E-state index in [1.165, 1.54) is 12.1 Å². The Morgan fingerprint density at radius 2 is 1.54 bits per heavy atom. The maximum Gasteiger partial charge on any atom is 0.138 e. The van der Waals surface area contributed by atoms with Crippen LogP contribution in [0.2, 0.25) is 15.1 Å². The zero-order valence-corrected chi connectivity index (χ0v) is 15.9. The maximum atomic E-state index is 12.9. The fourth-order valence-electron chi connectivity index (χ4n) is 2.34. The topological polar surface area (TPSA) is 21.3 Å². The van der Waals surface area contributed by atoms with Gasteiger partial charge in [-0.1, -0.05) is 53.0 Å². The number of halogens is 4. The highest BCUT2D eigenvalue weighted by molar-refractivity contribution is 6.36. The second-order valence-electron chi connectivity index (χ2n) is 5.66. The van der Waals surface area contributed by atoms with Gasteiger partial charge in [0.2, 0.25) is 0 Å². The third-order valence-electron chi connectivity index (χ3n) is 3.72. The molecule has 134 valence electrons. The first-order valence-electron chi connectivity index (χ1n) is 7.86. The van der Waals surface area contributed by atoms with E-state index in [2.05, 4.69) is 5.32 Å². The number of benzene rings is 3. The van der Waals surface area contributed by atoms with Crippen LogP contribution in [0.1, 0.15) is 11.1 Å². The summed E-state index contributed by atoms with van der Waals surface area (Å²) >= 11 is 18.3. The van der Waals surface area contributed by atoms with E-state index in [1.54, 1.807) is 24.3 Å². The van der Waals surface area contributed by atoms with Crippen LogP contribution in [-0.4, -0.2) is 0 Å². The first kappa shape index (κ1) is 18.8. The lowest BCUT2D eigenvalue weighted by molar-refractivity contribution is 0.306. The van der Waals surface area contributed by atoms with Crippen LogP contribution in [0.4, 0.5) is 10.1 Å². The molecule has 26 heavy (non-hydrogen) atoms. The lowest BCUT2D eigenvalue weighted by Crippen LogP contribution is -2.01. The van der Waals surface area contributed by atoms with Crippen LogP contribution in [0.5, 0.6) is 5.75 Å². The Labute approximate surface area is 166 Å². The smallest absolute Gasteiger partial charge is 0.138 e. The van der Waals surface area contributed by atoms with Crippen molar-refractivity contribution in [1.29, 1.82) is 0 Å². The van der Waals surface area contributed by atoms with Crippen LogP contribution in [0.25, 0.3) is 0 Å². The Morgan fingerprint density at radius 3 is 2.23 bits per heavy atom. The molecule has 2 nitrogen and oxygen atoms in total. The maximum absolute atomic E-state index is 12.9. The zero-order valence-electron chi connectivity index (χ0n) is 13.6. The summed E-state index contributed by atoms with van der Waals surface area (Å²) in [6.45, 7) is 0.872. The Hall–Kier alpha value is -1.94. The second kappa shape index (κ2) is 8.63. The number of rotatable bonds is 6. The largest absolute Gasteiger partial charge is 0.487 e. The summed E-state index contributed by atoms with van der Waals surface area (Å²) in [5, 5.41) is 4.90. The number of hydrogen-bond donors (Lipinski definition) is 1. The van der Waals surface area contributed by atoms with Gasteiger partial charge in [-0.2, -0.15) is 0 Å². The van der Waals surface area contributed by atoms with Gasteiger partial charge in [0.15, 0.2) is 0 Å². The van der Waals surface area contributed by atoms with Gasteiger partial charge in [0, 0.05) is 11.6 Å². The van der Waals surface area contributed by atoms with Crippen LogP contribution in [0.3, 0.4) is 0 Å². The van der Waals surface area contributed by atoms with Gasteiger partial charge < -0.3 is 10.1 Å². The fourth-order valence-corrected chi connectivity index (χ4v) is 3.08. The first-order chi connectivity index (χ1) is 12.5. The molecule has 0 aromatic heterocycles. The molecule has 0 radical (unpaired) electrons. The normalized spacial score (nSPS) is 10.6. The van der Waals surface area contributed by atoms with Crippen LogP contribution in [0, 0.1) is 5.82 Å². The molecule has 3 aromatic rings. The minimum absolute atomic E-state index is 0.274. The molecule has 0 spiro atoms. The van der Waals surface area contributed by atoms with Crippen LogP contribution >= 0.6 is 34.8 Å². The molecular weight excluding hydrogens is 396 g/mol. The highest BCUT2D eigenvalue weighted by Gasteiger charge is 2.06. The summed E-state index contributed by atoms with van der Waals surface area (Å²) in [5.74, 6) is 0.300. The van der Waals surface area contributed by atoms with E-state index in [-0.39, 0.29) is 5.82 Å². The van der Waals surface area contributed by atoms with Gasteiger partial charge in [0.1, 0.15) is 18.2 Å². The average molecular weight is 411 g/mol. The molecule has 0 bridgehead atoms. The lowest BCUT2D eigenvalue weighted by atomic mass is 10.2. The standard InChI is InChI=1S/C20H15Cl3FNO/c21-15-4-7-19(17(22)10-15)25-11-14-3-8-20(18(23)9-14)26-12-13-1-5-16(24)6-2-13/h1-10,25H,11-12H2. The molecule has 0 saturated heterocycles. The molecule has 3 aromatic carbocycles. The molecule has 0 saturated carbocycles. The quantitative estimate of drug-likeness (QED) is 0.473. The van der Waals surface area contributed by atoms with Gasteiger partial charge >= 0.3 is 0 Å². The highest BCUT2D eigenvalue weighted by atomic mass is 35.5. The van der Waals surface area contributed by atoms with Crippen molar-refractivity contribution < 1.29 is 9.13 Å². The van der Waals surface area contributed by atoms with Crippen molar-refractivity contribution in [3.8, 4) is 5.75 Å². The highest BCUT2D eigenvalue weighted by Crippen LogP contribution is 2.28. The van der Waals surface area contributed by atoms with Gasteiger partial charge in [-0.3, -0.25) is 0 Å². The van der Waals surface area contributed by atoms with E-state index in [1.807, 2.05) is 24.3 Å². The second-order valence-corrected chi connectivity index (χ2v) is 6.91. The molecule has 3 rings (SSSR count). The minimum atomic E-state index is -0.274. The van der Waals surface area contributed by atoms with Crippen LogP contribution in [0.15, 0.2) is 60.7 Å². The number of hydrogen-bond acceptors (Lipinski definition) is 2. The third-order valence-corrected chi connectivity index (χ3v) is 4.56. The van der Waals surface area contributed by atoms with Gasteiger partial charge in [0.25, 0.3) is 0 Å². The summed E-state index contributed by atoms with van der Waals surface area (Å²) in [4.78, 5) is 0. The average Bonchev–Trinajstić information content (AvgIpc) is 2.61. The van der Waals surface area contributed by atoms with Crippen molar-refractivity contribution >= 4 is 40.5 Å². The molecule has 6 heteroatoms. The van der Waals surface area contributed by atoms with Crippen molar-refractivity contribution in [3.05, 3.63) is 92.7 Å². The molecule has 0 unspecified atom stereocenters. The number of ether oxygens (including phenoxy) is 1. The molecule has 0 aliphatic rings. The minimum Gasteiger partial charge on any atom is -0.487 e. The van der Waals surface area contributed by atoms with E-state index >= 15 is 0 Å². The fraction of sp³-hybridized carbons (Fsp3) is 0.100. The molecule has 1 N–H and O–H groups in total. The third kappa shape index (κ3) is 5.04. The SMILES string of the molecule is Fc1ccc(COc2ccc(CNc3ccc(Cl)cc3Cl)cc2Cl)cc1. The molecule has 0 atom stereocenters. The Kier molecular flexibility index (Phi) is 6.25. The van der Waals surface area contributed by atoms with Crippen molar-refractivity contribution in [1.82, 2.24) is 0 Å². The van der Waals surface area contributed by atoms with Crippen molar-refractivity contribution in [2.45, 2.75) is 13.2 Å². The summed E-state index contributed by atoms with van der Waals surface area (Å²) in [6.07, 6.45) is 0. The van der Waals surface area contributed by atoms with Gasteiger partial charge in [-0.25, -0.2) is 4.39 Å². The van der Waals surface area contributed by atoms with Crippen molar-refractivity contribution in [3.63, 3.8) is 0 Å². The van der Waals surface area contributed by atoms with Gasteiger partial charge in [-0.05, 0) is 53.6 Å². The van der Waals surface area contributed by atoms with Crippen LogP contribution < -0.4 is 10.1 Å². The molecule has 0 aliphatic heterocycles. The predicted molar refractivity (Wildman–Crippen MR) is 106 cm³/mol. The lowest BCUT2D eigenvalue weighted by Gasteiger charge is -2.12. The molecule has 0 aliphatic carbocycles. The monoisotopic (exact) mass is 409 g/mol.